The minimum absolute atomic E-state index is 0.0389. The molecule has 1 atom stereocenters. The molecule has 1 unspecified atom stereocenters. The van der Waals surface area contributed by atoms with Gasteiger partial charge in [0.1, 0.15) is 6.20 Å². The number of ether oxygens (including phenoxy) is 2. The molecular formula is C17H17N3O5. The third-order valence-electron chi connectivity index (χ3n) is 3.82. The van der Waals surface area contributed by atoms with Crippen LogP contribution in [-0.4, -0.2) is 47.0 Å². The van der Waals surface area contributed by atoms with E-state index >= 15 is 0 Å². The van der Waals surface area contributed by atoms with Crippen LogP contribution >= 0.6 is 0 Å². The van der Waals surface area contributed by atoms with Gasteiger partial charge in [-0.05, 0) is 22.0 Å². The fourth-order valence-corrected chi connectivity index (χ4v) is 2.58. The number of rotatable bonds is 5. The highest BCUT2D eigenvalue weighted by Gasteiger charge is 2.31. The SMILES string of the molecule is O=C(C(Oc1cccnc1[N+](=O)[O-])c1ccccc1)N1CCOCC1. The number of carbonyl (C=O) groups excluding carboxylic acids is 1. The largest absolute Gasteiger partial charge is 0.467 e. The molecule has 3 rings (SSSR count). The van der Waals surface area contributed by atoms with Gasteiger partial charge in [0, 0.05) is 18.7 Å². The van der Waals surface area contributed by atoms with Gasteiger partial charge < -0.3 is 24.5 Å². The lowest BCUT2D eigenvalue weighted by Gasteiger charge is -2.30. The minimum atomic E-state index is -0.984. The van der Waals surface area contributed by atoms with E-state index in [-0.39, 0.29) is 11.7 Å². The Morgan fingerprint density at radius 1 is 1.20 bits per heavy atom. The molecule has 0 N–H and O–H groups in total. The molecular weight excluding hydrogens is 326 g/mol. The zero-order valence-corrected chi connectivity index (χ0v) is 13.4. The predicted octanol–water partition coefficient (Wildman–Crippen LogP) is 1.97. The number of morpholine rings is 1. The Kier molecular flexibility index (Phi) is 5.20. The molecule has 1 aliphatic heterocycles. The number of nitrogens with zero attached hydrogens (tertiary/aromatic N) is 3. The Hall–Kier alpha value is -3.00. The average molecular weight is 343 g/mol. The highest BCUT2D eigenvalue weighted by atomic mass is 16.6. The van der Waals surface area contributed by atoms with Crippen molar-refractivity contribution in [2.75, 3.05) is 26.3 Å². The maximum atomic E-state index is 12.9. The van der Waals surface area contributed by atoms with Crippen LogP contribution in [0.3, 0.4) is 0 Å². The summed E-state index contributed by atoms with van der Waals surface area (Å²) >= 11 is 0. The molecule has 2 aromatic rings. The summed E-state index contributed by atoms with van der Waals surface area (Å²) < 4.78 is 11.0. The summed E-state index contributed by atoms with van der Waals surface area (Å²) in [6.45, 7) is 1.84. The molecule has 1 aliphatic rings. The van der Waals surface area contributed by atoms with Crippen molar-refractivity contribution in [1.82, 2.24) is 9.88 Å². The van der Waals surface area contributed by atoms with Crippen LogP contribution in [0.15, 0.2) is 48.7 Å². The van der Waals surface area contributed by atoms with E-state index in [1.165, 1.54) is 18.3 Å². The minimum Gasteiger partial charge on any atom is -0.467 e. The maximum Gasteiger partial charge on any atom is 0.406 e. The van der Waals surface area contributed by atoms with E-state index in [9.17, 15) is 14.9 Å². The van der Waals surface area contributed by atoms with Gasteiger partial charge in [0.2, 0.25) is 11.9 Å². The van der Waals surface area contributed by atoms with Gasteiger partial charge in [0.15, 0.2) is 0 Å². The number of carbonyl (C=O) groups is 1. The average Bonchev–Trinajstić information content (AvgIpc) is 2.67. The van der Waals surface area contributed by atoms with E-state index in [0.717, 1.165) is 0 Å². The third-order valence-corrected chi connectivity index (χ3v) is 3.82. The van der Waals surface area contributed by atoms with Gasteiger partial charge in [-0.15, -0.1) is 0 Å². The first-order chi connectivity index (χ1) is 12.2. The molecule has 1 aromatic carbocycles. The maximum absolute atomic E-state index is 12.9. The zero-order valence-electron chi connectivity index (χ0n) is 13.4. The Morgan fingerprint density at radius 3 is 2.60 bits per heavy atom. The van der Waals surface area contributed by atoms with Crippen molar-refractivity contribution < 1.29 is 19.2 Å². The van der Waals surface area contributed by atoms with Crippen molar-refractivity contribution >= 4 is 11.7 Å². The van der Waals surface area contributed by atoms with Crippen LogP contribution in [0.1, 0.15) is 11.7 Å². The molecule has 1 saturated heterocycles. The Labute approximate surface area is 144 Å². The Bertz CT molecular complexity index is 747. The van der Waals surface area contributed by atoms with E-state index in [0.29, 0.717) is 31.9 Å². The number of hydrogen-bond acceptors (Lipinski definition) is 6. The summed E-state index contributed by atoms with van der Waals surface area (Å²) in [6.07, 6.45) is 0.328. The van der Waals surface area contributed by atoms with Crippen molar-refractivity contribution in [3.05, 3.63) is 64.3 Å². The number of benzene rings is 1. The molecule has 1 amide bonds. The lowest BCUT2D eigenvalue weighted by Crippen LogP contribution is -2.44. The third kappa shape index (κ3) is 3.92. The molecule has 8 nitrogen and oxygen atoms in total. The summed E-state index contributed by atoms with van der Waals surface area (Å²) in [5.74, 6) is -0.714. The van der Waals surface area contributed by atoms with E-state index in [1.807, 2.05) is 6.07 Å². The van der Waals surface area contributed by atoms with Crippen molar-refractivity contribution in [1.29, 1.82) is 0 Å². The summed E-state index contributed by atoms with van der Waals surface area (Å²) in [7, 11) is 0. The number of aromatic nitrogens is 1. The predicted molar refractivity (Wildman–Crippen MR) is 88.1 cm³/mol. The van der Waals surface area contributed by atoms with Crippen LogP contribution in [0, 0.1) is 10.1 Å². The molecule has 25 heavy (non-hydrogen) atoms. The monoisotopic (exact) mass is 343 g/mol. The van der Waals surface area contributed by atoms with Gasteiger partial charge in [0.25, 0.3) is 5.91 Å². The first-order valence-electron chi connectivity index (χ1n) is 7.84. The second-order valence-corrected chi connectivity index (χ2v) is 5.43. The lowest BCUT2D eigenvalue weighted by molar-refractivity contribution is -0.390. The van der Waals surface area contributed by atoms with Gasteiger partial charge in [-0.25, -0.2) is 0 Å². The van der Waals surface area contributed by atoms with Crippen LogP contribution in [-0.2, 0) is 9.53 Å². The molecule has 8 heteroatoms. The standard InChI is InChI=1S/C17H17N3O5/c21-17(19-9-11-24-12-10-19)15(13-5-2-1-3-6-13)25-14-7-4-8-18-16(14)20(22)23/h1-8,15H,9-12H2. The van der Waals surface area contributed by atoms with Gasteiger partial charge in [-0.1, -0.05) is 30.3 Å². The van der Waals surface area contributed by atoms with E-state index in [2.05, 4.69) is 4.98 Å². The summed E-state index contributed by atoms with van der Waals surface area (Å²) in [4.78, 5) is 28.8. The molecule has 1 fully saturated rings. The Morgan fingerprint density at radius 2 is 1.92 bits per heavy atom. The molecule has 130 valence electrons. The molecule has 0 bridgehead atoms. The fraction of sp³-hybridized carbons (Fsp3) is 0.294. The highest BCUT2D eigenvalue weighted by Crippen LogP contribution is 2.30. The number of amides is 1. The molecule has 0 spiro atoms. The van der Waals surface area contributed by atoms with Gasteiger partial charge >= 0.3 is 5.82 Å². The van der Waals surface area contributed by atoms with Gasteiger partial charge in [-0.3, -0.25) is 4.79 Å². The van der Waals surface area contributed by atoms with Crippen LogP contribution in [0.4, 0.5) is 5.82 Å². The summed E-state index contributed by atoms with van der Waals surface area (Å²) in [5, 5.41) is 11.2. The van der Waals surface area contributed by atoms with Crippen molar-refractivity contribution in [2.45, 2.75) is 6.10 Å². The van der Waals surface area contributed by atoms with Crippen LogP contribution < -0.4 is 4.74 Å². The summed E-state index contributed by atoms with van der Waals surface area (Å²) in [6, 6.07) is 11.9. The second-order valence-electron chi connectivity index (χ2n) is 5.43. The number of pyridine rings is 1. The van der Waals surface area contributed by atoms with Gasteiger partial charge in [-0.2, -0.15) is 0 Å². The van der Waals surface area contributed by atoms with Crippen molar-refractivity contribution in [3.8, 4) is 5.75 Å². The highest BCUT2D eigenvalue weighted by molar-refractivity contribution is 5.83. The first-order valence-corrected chi connectivity index (χ1v) is 7.84. The van der Waals surface area contributed by atoms with Crippen molar-refractivity contribution in [3.63, 3.8) is 0 Å². The normalized spacial score (nSPS) is 15.4. The number of hydrogen-bond donors (Lipinski definition) is 0. The Balaban J connectivity index is 1.92. The summed E-state index contributed by atoms with van der Waals surface area (Å²) in [5.41, 5.74) is 0.622. The molecule has 0 saturated carbocycles. The van der Waals surface area contributed by atoms with Crippen LogP contribution in [0.2, 0.25) is 0 Å². The fourth-order valence-electron chi connectivity index (χ4n) is 2.58. The van der Waals surface area contributed by atoms with Crippen molar-refractivity contribution in [2.24, 2.45) is 0 Å². The smallest absolute Gasteiger partial charge is 0.406 e. The van der Waals surface area contributed by atoms with Crippen LogP contribution in [0.5, 0.6) is 5.75 Å². The topological polar surface area (TPSA) is 94.8 Å². The van der Waals surface area contributed by atoms with E-state index in [1.54, 1.807) is 29.2 Å². The first kappa shape index (κ1) is 16.8. The zero-order chi connectivity index (χ0) is 17.6. The molecule has 2 heterocycles. The van der Waals surface area contributed by atoms with E-state index in [4.69, 9.17) is 9.47 Å². The van der Waals surface area contributed by atoms with Gasteiger partial charge in [0.05, 0.1) is 13.2 Å². The van der Waals surface area contributed by atoms with Crippen LogP contribution in [0.25, 0.3) is 0 Å². The second kappa shape index (κ2) is 7.71. The quantitative estimate of drug-likeness (QED) is 0.608. The lowest BCUT2D eigenvalue weighted by atomic mass is 10.1. The molecule has 0 aliphatic carbocycles. The number of nitro groups is 1. The van der Waals surface area contributed by atoms with E-state index < -0.39 is 16.8 Å². The molecule has 1 aromatic heterocycles. The molecule has 0 radical (unpaired) electrons.